The summed E-state index contributed by atoms with van der Waals surface area (Å²) in [5.41, 5.74) is 1.33. The van der Waals surface area contributed by atoms with Crippen LogP contribution in [0.15, 0.2) is 76.3 Å². The SMILES string of the molecule is N[C@@H](Cn1c(=O)c2c(n(Cc3c(F)cccc3C(F)(F)F)c1=O)COC21CCN(Cc2cccc(C(F)(F)F)n2)CC1)c1ccccc1. The van der Waals surface area contributed by atoms with Gasteiger partial charge in [0.1, 0.15) is 17.1 Å². The Hall–Kier alpha value is -4.34. The Labute approximate surface area is 269 Å². The number of halogens is 7. The second-order valence-corrected chi connectivity index (χ2v) is 12.0. The van der Waals surface area contributed by atoms with Gasteiger partial charge in [-0.05, 0) is 42.7 Å². The van der Waals surface area contributed by atoms with Crippen LogP contribution in [0.5, 0.6) is 0 Å². The van der Waals surface area contributed by atoms with Gasteiger partial charge in [-0.3, -0.25) is 18.8 Å². The molecule has 0 saturated carbocycles. The average Bonchev–Trinajstić information content (AvgIpc) is 3.41. The topological polar surface area (TPSA) is 95.4 Å². The second kappa shape index (κ2) is 12.6. The number of nitrogens with two attached hydrogens (primary N) is 1. The number of nitrogens with zero attached hydrogens (tertiary/aromatic N) is 4. The average molecular weight is 678 g/mol. The minimum absolute atomic E-state index is 0.0407. The smallest absolute Gasteiger partial charge is 0.364 e. The standard InChI is InChI=1S/C33H30F7N5O3/c34-24-10-5-9-23(32(35,36)37)22(24)17-44-26-19-48-31(12-14-43(15-13-31)16-21-8-4-11-27(42-21)33(38,39)40)28(26)29(46)45(30(44)47)18-25(41)20-6-2-1-3-7-20/h1-11,25H,12-19,41H2/t25-/m0/s1. The van der Waals surface area contributed by atoms with Crippen LogP contribution in [0.2, 0.25) is 0 Å². The van der Waals surface area contributed by atoms with Gasteiger partial charge in [-0.15, -0.1) is 0 Å². The summed E-state index contributed by atoms with van der Waals surface area (Å²) in [5, 5.41) is 0. The first-order chi connectivity index (χ1) is 22.7. The molecule has 15 heteroatoms. The maximum Gasteiger partial charge on any atom is 0.433 e. The number of piperidine rings is 1. The first-order valence-corrected chi connectivity index (χ1v) is 15.1. The summed E-state index contributed by atoms with van der Waals surface area (Å²) >= 11 is 0. The number of hydrogen-bond acceptors (Lipinski definition) is 6. The normalized spacial score (nSPS) is 17.1. The van der Waals surface area contributed by atoms with Gasteiger partial charge < -0.3 is 10.5 Å². The van der Waals surface area contributed by atoms with E-state index < -0.39 is 64.4 Å². The van der Waals surface area contributed by atoms with Crippen LogP contribution in [0.3, 0.4) is 0 Å². The third kappa shape index (κ3) is 6.41. The summed E-state index contributed by atoms with van der Waals surface area (Å²) in [6.07, 6.45) is -9.16. The van der Waals surface area contributed by atoms with E-state index >= 15 is 4.39 Å². The van der Waals surface area contributed by atoms with Crippen molar-refractivity contribution in [2.75, 3.05) is 13.1 Å². The monoisotopic (exact) mass is 677 g/mol. The van der Waals surface area contributed by atoms with Crippen molar-refractivity contribution in [3.8, 4) is 0 Å². The Bertz CT molecular complexity index is 1930. The largest absolute Gasteiger partial charge is 0.433 e. The van der Waals surface area contributed by atoms with Crippen LogP contribution in [-0.4, -0.2) is 32.1 Å². The van der Waals surface area contributed by atoms with Crippen molar-refractivity contribution in [3.05, 3.63) is 133 Å². The van der Waals surface area contributed by atoms with Crippen LogP contribution in [-0.2, 0) is 48.9 Å². The number of fused-ring (bicyclic) bond motifs is 2. The van der Waals surface area contributed by atoms with E-state index in [1.165, 1.54) is 12.1 Å². The third-order valence-corrected chi connectivity index (χ3v) is 8.97. The molecule has 0 radical (unpaired) electrons. The van der Waals surface area contributed by atoms with Crippen LogP contribution in [0.4, 0.5) is 30.7 Å². The molecule has 0 amide bonds. The van der Waals surface area contributed by atoms with E-state index in [2.05, 4.69) is 4.98 Å². The third-order valence-electron chi connectivity index (χ3n) is 8.97. The van der Waals surface area contributed by atoms with Gasteiger partial charge in [0.25, 0.3) is 5.56 Å². The highest BCUT2D eigenvalue weighted by Crippen LogP contribution is 2.43. The molecular weight excluding hydrogens is 647 g/mol. The molecule has 6 rings (SSSR count). The molecule has 1 spiro atoms. The van der Waals surface area contributed by atoms with Gasteiger partial charge in [-0.2, -0.15) is 26.3 Å². The molecule has 1 atom stereocenters. The van der Waals surface area contributed by atoms with Crippen molar-refractivity contribution >= 4 is 0 Å². The lowest BCUT2D eigenvalue weighted by molar-refractivity contribution is -0.141. The van der Waals surface area contributed by atoms with E-state index in [4.69, 9.17) is 10.5 Å². The van der Waals surface area contributed by atoms with Gasteiger partial charge in [0.2, 0.25) is 0 Å². The second-order valence-electron chi connectivity index (χ2n) is 12.0. The molecule has 254 valence electrons. The zero-order chi connectivity index (χ0) is 34.4. The Kier molecular flexibility index (Phi) is 8.81. The van der Waals surface area contributed by atoms with E-state index in [-0.39, 0.29) is 62.6 Å². The summed E-state index contributed by atoms with van der Waals surface area (Å²) in [6, 6.07) is 13.9. The Morgan fingerprint density at radius 2 is 1.54 bits per heavy atom. The molecule has 48 heavy (non-hydrogen) atoms. The van der Waals surface area contributed by atoms with Crippen LogP contribution in [0, 0.1) is 5.82 Å². The molecule has 0 aliphatic carbocycles. The Balaban J connectivity index is 1.38. The zero-order valence-electron chi connectivity index (χ0n) is 25.3. The maximum atomic E-state index is 15.0. The van der Waals surface area contributed by atoms with E-state index in [0.29, 0.717) is 5.56 Å². The molecule has 2 N–H and O–H groups in total. The van der Waals surface area contributed by atoms with Gasteiger partial charge >= 0.3 is 18.0 Å². The molecule has 2 aromatic heterocycles. The lowest BCUT2D eigenvalue weighted by Crippen LogP contribution is -2.49. The predicted molar refractivity (Wildman–Crippen MR) is 159 cm³/mol. The summed E-state index contributed by atoms with van der Waals surface area (Å²) in [5.74, 6) is -1.17. The minimum Gasteiger partial charge on any atom is -0.364 e. The number of ether oxygens (including phenoxy) is 1. The van der Waals surface area contributed by atoms with Crippen molar-refractivity contribution in [2.45, 2.75) is 63.1 Å². The first-order valence-electron chi connectivity index (χ1n) is 15.1. The van der Waals surface area contributed by atoms with E-state index in [0.717, 1.165) is 33.4 Å². The first kappa shape index (κ1) is 33.6. The molecular formula is C33H30F7N5O3. The van der Waals surface area contributed by atoms with Gasteiger partial charge in [-0.1, -0.05) is 42.5 Å². The van der Waals surface area contributed by atoms with E-state index in [1.54, 1.807) is 30.3 Å². The molecule has 4 heterocycles. The van der Waals surface area contributed by atoms with Gasteiger partial charge in [0.15, 0.2) is 0 Å². The van der Waals surface area contributed by atoms with Crippen molar-refractivity contribution in [2.24, 2.45) is 5.73 Å². The Morgan fingerprint density at radius 1 is 0.854 bits per heavy atom. The quantitative estimate of drug-likeness (QED) is 0.265. The number of likely N-dealkylation sites (tertiary alicyclic amines) is 1. The number of benzene rings is 2. The zero-order valence-corrected chi connectivity index (χ0v) is 25.3. The molecule has 0 bridgehead atoms. The number of alkyl halides is 6. The predicted octanol–water partition coefficient (Wildman–Crippen LogP) is 5.35. The van der Waals surface area contributed by atoms with Crippen LogP contribution in [0.1, 0.15) is 58.2 Å². The van der Waals surface area contributed by atoms with E-state index in [1.807, 2.05) is 4.90 Å². The molecule has 2 aliphatic heterocycles. The molecule has 8 nitrogen and oxygen atoms in total. The van der Waals surface area contributed by atoms with Gasteiger partial charge in [0, 0.05) is 31.2 Å². The van der Waals surface area contributed by atoms with Crippen LogP contribution < -0.4 is 17.0 Å². The lowest BCUT2D eigenvalue weighted by atomic mass is 9.85. The number of aromatic nitrogens is 3. The number of rotatable bonds is 7. The fourth-order valence-corrected chi connectivity index (χ4v) is 6.52. The molecule has 2 aromatic carbocycles. The maximum absolute atomic E-state index is 15.0. The van der Waals surface area contributed by atoms with Gasteiger partial charge in [0.05, 0.1) is 42.2 Å². The van der Waals surface area contributed by atoms with Crippen LogP contribution >= 0.6 is 0 Å². The minimum atomic E-state index is -4.92. The van der Waals surface area contributed by atoms with Crippen LogP contribution in [0.25, 0.3) is 0 Å². The highest BCUT2D eigenvalue weighted by molar-refractivity contribution is 5.35. The summed E-state index contributed by atoms with van der Waals surface area (Å²) < 4.78 is 104. The van der Waals surface area contributed by atoms with Crippen molar-refractivity contribution in [3.63, 3.8) is 0 Å². The lowest BCUT2D eigenvalue weighted by Gasteiger charge is -2.38. The highest BCUT2D eigenvalue weighted by atomic mass is 19.4. The van der Waals surface area contributed by atoms with E-state index in [9.17, 15) is 35.9 Å². The number of pyridine rings is 1. The molecule has 2 aliphatic rings. The van der Waals surface area contributed by atoms with Crippen molar-refractivity contribution < 1.29 is 35.5 Å². The van der Waals surface area contributed by atoms with Crippen molar-refractivity contribution in [1.29, 1.82) is 0 Å². The van der Waals surface area contributed by atoms with Gasteiger partial charge in [-0.25, -0.2) is 14.2 Å². The fourth-order valence-electron chi connectivity index (χ4n) is 6.52. The molecule has 4 aromatic rings. The summed E-state index contributed by atoms with van der Waals surface area (Å²) in [6.45, 7) is -0.805. The summed E-state index contributed by atoms with van der Waals surface area (Å²) in [4.78, 5) is 33.7. The molecule has 1 fully saturated rings. The Morgan fingerprint density at radius 3 is 2.21 bits per heavy atom. The molecule has 0 unspecified atom stereocenters. The summed E-state index contributed by atoms with van der Waals surface area (Å²) in [7, 11) is 0. The molecule has 1 saturated heterocycles. The van der Waals surface area contributed by atoms with Crippen molar-refractivity contribution in [1.82, 2.24) is 19.0 Å². The highest BCUT2D eigenvalue weighted by Gasteiger charge is 2.47. The number of hydrogen-bond donors (Lipinski definition) is 1. The fraction of sp³-hybridized carbons (Fsp3) is 0.364.